The summed E-state index contributed by atoms with van der Waals surface area (Å²) < 4.78 is 10.5. The van der Waals surface area contributed by atoms with Gasteiger partial charge >= 0.3 is 0 Å². The summed E-state index contributed by atoms with van der Waals surface area (Å²) in [4.78, 5) is 0. The summed E-state index contributed by atoms with van der Waals surface area (Å²) >= 11 is 0. The summed E-state index contributed by atoms with van der Waals surface area (Å²) in [6.07, 6.45) is 2.69. The molecule has 3 heteroatoms. The Morgan fingerprint density at radius 2 is 2.08 bits per heavy atom. The number of rotatable bonds is 6. The van der Waals surface area contributed by atoms with Crippen molar-refractivity contribution in [2.45, 2.75) is 6.42 Å². The minimum absolute atomic E-state index is 0.0717. The van der Waals surface area contributed by atoms with Gasteiger partial charge in [-0.3, -0.25) is 0 Å². The van der Waals surface area contributed by atoms with Crippen LogP contribution in [0.3, 0.4) is 0 Å². The molecular formula is C10H13O2P. The second-order valence-electron chi connectivity index (χ2n) is 2.42. The van der Waals surface area contributed by atoms with Crippen molar-refractivity contribution in [3.8, 4) is 5.75 Å². The molecule has 0 radical (unpaired) electrons. The summed E-state index contributed by atoms with van der Waals surface area (Å²) in [6, 6.07) is 9.63. The van der Waals surface area contributed by atoms with Gasteiger partial charge in [0.25, 0.3) is 0 Å². The highest BCUT2D eigenvalue weighted by Crippen LogP contribution is 2.20. The molecule has 1 unspecified atom stereocenters. The van der Waals surface area contributed by atoms with E-state index >= 15 is 0 Å². The van der Waals surface area contributed by atoms with Gasteiger partial charge < -0.3 is 9.05 Å². The average molecular weight is 196 g/mol. The maximum atomic E-state index is 5.32. The number of benzene rings is 1. The summed E-state index contributed by atoms with van der Waals surface area (Å²) in [5.41, 5.74) is 0. The van der Waals surface area contributed by atoms with Gasteiger partial charge in [0, 0.05) is 0 Å². The van der Waals surface area contributed by atoms with Crippen molar-refractivity contribution in [2.24, 2.45) is 0 Å². The molecule has 1 rings (SSSR count). The third kappa shape index (κ3) is 4.66. The Balaban J connectivity index is 2.10. The van der Waals surface area contributed by atoms with Gasteiger partial charge in [0.15, 0.2) is 0 Å². The lowest BCUT2D eigenvalue weighted by Gasteiger charge is -2.04. The maximum absolute atomic E-state index is 5.32. The molecule has 70 valence electrons. The molecule has 1 atom stereocenters. The third-order valence-electron chi connectivity index (χ3n) is 1.39. The smallest absolute Gasteiger partial charge is 0.215 e. The highest BCUT2D eigenvalue weighted by molar-refractivity contribution is 7.26. The van der Waals surface area contributed by atoms with E-state index in [1.165, 1.54) is 0 Å². The first-order valence-corrected chi connectivity index (χ1v) is 4.94. The molecule has 0 heterocycles. The van der Waals surface area contributed by atoms with Crippen LogP contribution in [-0.4, -0.2) is 6.61 Å². The Labute approximate surface area is 80.5 Å². The van der Waals surface area contributed by atoms with Crippen LogP contribution in [0.4, 0.5) is 0 Å². The standard InChI is InChI=1S/C10H13O2P/c1-2-3-9-11-13-12-10-7-5-4-6-8-10/h2,4-8,13H,1,3,9H2. The van der Waals surface area contributed by atoms with E-state index in [9.17, 15) is 0 Å². The van der Waals surface area contributed by atoms with E-state index in [-0.39, 0.29) is 9.03 Å². The fraction of sp³-hybridized carbons (Fsp3) is 0.200. The van der Waals surface area contributed by atoms with E-state index in [0.29, 0.717) is 6.61 Å². The zero-order valence-electron chi connectivity index (χ0n) is 7.40. The van der Waals surface area contributed by atoms with Crippen LogP contribution in [0.25, 0.3) is 0 Å². The van der Waals surface area contributed by atoms with Crippen molar-refractivity contribution < 1.29 is 9.05 Å². The van der Waals surface area contributed by atoms with Crippen molar-refractivity contribution in [3.05, 3.63) is 43.0 Å². The molecule has 0 N–H and O–H groups in total. The number of para-hydroxylation sites is 1. The number of hydrogen-bond acceptors (Lipinski definition) is 2. The van der Waals surface area contributed by atoms with Crippen LogP contribution >= 0.6 is 9.03 Å². The van der Waals surface area contributed by atoms with Gasteiger partial charge in [-0.1, -0.05) is 24.3 Å². The van der Waals surface area contributed by atoms with Gasteiger partial charge in [-0.05, 0) is 18.6 Å². The van der Waals surface area contributed by atoms with Gasteiger partial charge in [-0.25, -0.2) is 0 Å². The fourth-order valence-electron chi connectivity index (χ4n) is 0.750. The zero-order valence-corrected chi connectivity index (χ0v) is 8.40. The van der Waals surface area contributed by atoms with Crippen LogP contribution < -0.4 is 4.52 Å². The summed E-state index contributed by atoms with van der Waals surface area (Å²) in [6.45, 7) is 4.27. The highest BCUT2D eigenvalue weighted by atomic mass is 31.1. The second-order valence-corrected chi connectivity index (χ2v) is 3.08. The predicted octanol–water partition coefficient (Wildman–Crippen LogP) is 3.17. The SMILES string of the molecule is C=CCCOPOc1ccccc1. The molecule has 1 aromatic carbocycles. The van der Waals surface area contributed by atoms with Crippen LogP contribution in [0.5, 0.6) is 5.75 Å². The normalized spacial score (nSPS) is 10.5. The van der Waals surface area contributed by atoms with E-state index in [4.69, 9.17) is 9.05 Å². The Morgan fingerprint density at radius 1 is 1.31 bits per heavy atom. The largest absolute Gasteiger partial charge is 0.450 e. The molecule has 0 aromatic heterocycles. The predicted molar refractivity (Wildman–Crippen MR) is 56.2 cm³/mol. The first kappa shape index (κ1) is 10.2. The minimum atomic E-state index is 0.0717. The Bertz CT molecular complexity index is 236. The van der Waals surface area contributed by atoms with E-state index in [2.05, 4.69) is 6.58 Å². The molecule has 0 saturated carbocycles. The van der Waals surface area contributed by atoms with Crippen molar-refractivity contribution in [3.63, 3.8) is 0 Å². The molecule has 13 heavy (non-hydrogen) atoms. The van der Waals surface area contributed by atoms with E-state index < -0.39 is 0 Å². The first-order chi connectivity index (χ1) is 6.43. The van der Waals surface area contributed by atoms with Gasteiger partial charge in [-0.2, -0.15) is 0 Å². The summed E-state index contributed by atoms with van der Waals surface area (Å²) in [5.74, 6) is 0.847. The van der Waals surface area contributed by atoms with Crippen LogP contribution in [0.1, 0.15) is 6.42 Å². The van der Waals surface area contributed by atoms with E-state index in [0.717, 1.165) is 12.2 Å². The van der Waals surface area contributed by atoms with Crippen LogP contribution in [0.15, 0.2) is 43.0 Å². The van der Waals surface area contributed by atoms with E-state index in [1.807, 2.05) is 36.4 Å². The molecule has 0 aliphatic rings. The van der Waals surface area contributed by atoms with Crippen molar-refractivity contribution in [1.29, 1.82) is 0 Å². The van der Waals surface area contributed by atoms with Crippen molar-refractivity contribution >= 4 is 9.03 Å². The topological polar surface area (TPSA) is 18.5 Å². The minimum Gasteiger partial charge on any atom is -0.450 e. The monoisotopic (exact) mass is 196 g/mol. The molecule has 0 amide bonds. The third-order valence-corrected chi connectivity index (χ3v) is 2.03. The summed E-state index contributed by atoms with van der Waals surface area (Å²) in [5, 5.41) is 0. The molecule has 2 nitrogen and oxygen atoms in total. The van der Waals surface area contributed by atoms with Gasteiger partial charge in [0.05, 0.1) is 6.61 Å². The fourth-order valence-corrected chi connectivity index (χ4v) is 1.24. The molecule has 0 spiro atoms. The summed E-state index contributed by atoms with van der Waals surface area (Å²) in [7, 11) is 0.0717. The second kappa shape index (κ2) is 6.64. The first-order valence-electron chi connectivity index (χ1n) is 4.13. The molecule has 1 aromatic rings. The Hall–Kier alpha value is -0.850. The van der Waals surface area contributed by atoms with Crippen LogP contribution in [0.2, 0.25) is 0 Å². The molecule has 0 aliphatic carbocycles. The van der Waals surface area contributed by atoms with E-state index in [1.54, 1.807) is 0 Å². The lowest BCUT2D eigenvalue weighted by Crippen LogP contribution is -1.85. The van der Waals surface area contributed by atoms with Gasteiger partial charge in [0.1, 0.15) is 5.75 Å². The Kier molecular flexibility index (Phi) is 5.23. The molecule has 0 bridgehead atoms. The van der Waals surface area contributed by atoms with Crippen molar-refractivity contribution in [1.82, 2.24) is 0 Å². The Morgan fingerprint density at radius 3 is 2.77 bits per heavy atom. The quantitative estimate of drug-likeness (QED) is 0.395. The molecule has 0 fully saturated rings. The maximum Gasteiger partial charge on any atom is 0.215 e. The lowest BCUT2D eigenvalue weighted by atomic mass is 10.3. The molecular weight excluding hydrogens is 183 g/mol. The molecule has 0 saturated heterocycles. The van der Waals surface area contributed by atoms with Gasteiger partial charge in [0.2, 0.25) is 9.03 Å². The van der Waals surface area contributed by atoms with Crippen LogP contribution in [-0.2, 0) is 4.52 Å². The molecule has 0 aliphatic heterocycles. The average Bonchev–Trinajstić information content (AvgIpc) is 2.19. The highest BCUT2D eigenvalue weighted by Gasteiger charge is 1.90. The van der Waals surface area contributed by atoms with Crippen molar-refractivity contribution in [2.75, 3.05) is 6.61 Å². The lowest BCUT2D eigenvalue weighted by molar-refractivity contribution is 0.337. The van der Waals surface area contributed by atoms with Gasteiger partial charge in [-0.15, -0.1) is 6.58 Å². The zero-order chi connectivity index (χ0) is 9.36. The number of hydrogen-bond donors (Lipinski definition) is 0. The van der Waals surface area contributed by atoms with Crippen LogP contribution in [0, 0.1) is 0 Å².